The molecule has 152 valence electrons. The number of rotatable bonds is 6. The highest BCUT2D eigenvalue weighted by Crippen LogP contribution is 2.24. The van der Waals surface area contributed by atoms with Gasteiger partial charge in [0.2, 0.25) is 0 Å². The summed E-state index contributed by atoms with van der Waals surface area (Å²) >= 11 is 6.06. The van der Waals surface area contributed by atoms with Crippen LogP contribution in [0.25, 0.3) is 5.69 Å². The van der Waals surface area contributed by atoms with Gasteiger partial charge in [-0.1, -0.05) is 32.4 Å². The molecule has 0 saturated carbocycles. The van der Waals surface area contributed by atoms with Crippen molar-refractivity contribution in [2.24, 2.45) is 5.92 Å². The highest BCUT2D eigenvalue weighted by Gasteiger charge is 2.30. The number of hydrogen-bond acceptors (Lipinski definition) is 2. The number of carbonyl (C=O) groups excluding carboxylic acids is 1. The largest absolute Gasteiger partial charge is 0.332 e. The third kappa shape index (κ3) is 4.41. The normalized spacial score (nSPS) is 15.4. The molecule has 5 nitrogen and oxygen atoms in total. The van der Waals surface area contributed by atoms with Crippen LogP contribution >= 0.6 is 11.6 Å². The van der Waals surface area contributed by atoms with Gasteiger partial charge in [0, 0.05) is 5.02 Å². The van der Waals surface area contributed by atoms with Crippen molar-refractivity contribution in [2.45, 2.75) is 40.5 Å². The Morgan fingerprint density at radius 1 is 1.18 bits per heavy atom. The van der Waals surface area contributed by atoms with Crippen LogP contribution in [0.4, 0.5) is 0 Å². The Morgan fingerprint density at radius 3 is 2.36 bits per heavy atom. The molecule has 28 heavy (non-hydrogen) atoms. The molecule has 1 aromatic carbocycles. The molecule has 0 bridgehead atoms. The highest BCUT2D eigenvalue weighted by atomic mass is 35.5. The van der Waals surface area contributed by atoms with E-state index in [1.165, 1.54) is 0 Å². The first-order chi connectivity index (χ1) is 13.4. The van der Waals surface area contributed by atoms with E-state index >= 15 is 0 Å². The van der Waals surface area contributed by atoms with Gasteiger partial charge < -0.3 is 9.80 Å². The first-order valence-corrected chi connectivity index (χ1v) is 10.8. The quantitative estimate of drug-likeness (QED) is 0.805. The second-order valence-electron chi connectivity index (χ2n) is 8.00. The Balaban J connectivity index is 2.00. The molecule has 0 spiro atoms. The lowest BCUT2D eigenvalue weighted by Gasteiger charge is -2.31. The minimum Gasteiger partial charge on any atom is -0.332 e. The Morgan fingerprint density at radius 2 is 1.82 bits per heavy atom. The minimum absolute atomic E-state index is 0.142. The number of nitrogens with zero attached hydrogens (tertiary/aromatic N) is 3. The van der Waals surface area contributed by atoms with E-state index in [9.17, 15) is 4.79 Å². The summed E-state index contributed by atoms with van der Waals surface area (Å²) in [4.78, 5) is 17.1. The molecule has 0 radical (unpaired) electrons. The number of amides is 1. The Bertz CT molecular complexity index is 805. The molecule has 2 aromatic rings. The summed E-state index contributed by atoms with van der Waals surface area (Å²) in [7, 11) is 0. The van der Waals surface area contributed by atoms with Crippen LogP contribution in [-0.2, 0) is 12.8 Å². The van der Waals surface area contributed by atoms with E-state index < -0.39 is 0 Å². The fraction of sp³-hybridized carbons (Fsp3) is 0.545. The predicted octanol–water partition coefficient (Wildman–Crippen LogP) is 2.65. The maximum Gasteiger partial charge on any atom is 0.258 e. The van der Waals surface area contributed by atoms with Crippen LogP contribution < -0.4 is 4.90 Å². The molecule has 1 aromatic heterocycles. The van der Waals surface area contributed by atoms with Gasteiger partial charge in [0.25, 0.3) is 5.91 Å². The Kier molecular flexibility index (Phi) is 6.78. The summed E-state index contributed by atoms with van der Waals surface area (Å²) < 4.78 is 1.94. The van der Waals surface area contributed by atoms with Crippen LogP contribution in [-0.4, -0.2) is 53.3 Å². The van der Waals surface area contributed by atoms with Crippen molar-refractivity contribution in [3.8, 4) is 5.69 Å². The van der Waals surface area contributed by atoms with Crippen molar-refractivity contribution in [1.29, 1.82) is 0 Å². The van der Waals surface area contributed by atoms with Crippen molar-refractivity contribution in [3.63, 3.8) is 0 Å². The molecule has 3 rings (SSSR count). The highest BCUT2D eigenvalue weighted by molar-refractivity contribution is 6.30. The van der Waals surface area contributed by atoms with E-state index in [-0.39, 0.29) is 5.91 Å². The number of nitrogens with one attached hydrogen (secondary N) is 1. The molecule has 6 heteroatoms. The van der Waals surface area contributed by atoms with Gasteiger partial charge in [-0.05, 0) is 49.9 Å². The molecular formula is C22H32ClN4O+. The van der Waals surface area contributed by atoms with E-state index in [0.29, 0.717) is 10.9 Å². The van der Waals surface area contributed by atoms with Gasteiger partial charge in [-0.25, -0.2) is 4.68 Å². The van der Waals surface area contributed by atoms with Gasteiger partial charge in [0.15, 0.2) is 0 Å². The number of hydrogen-bond donors (Lipinski definition) is 1. The van der Waals surface area contributed by atoms with Crippen LogP contribution in [0.3, 0.4) is 0 Å². The maximum atomic E-state index is 13.5. The Labute approximate surface area is 173 Å². The van der Waals surface area contributed by atoms with Crippen LogP contribution in [0.1, 0.15) is 49.4 Å². The van der Waals surface area contributed by atoms with Gasteiger partial charge in [-0.2, -0.15) is 5.10 Å². The van der Waals surface area contributed by atoms with Gasteiger partial charge >= 0.3 is 0 Å². The average molecular weight is 404 g/mol. The zero-order valence-electron chi connectivity index (χ0n) is 17.5. The number of benzene rings is 1. The third-order valence-electron chi connectivity index (χ3n) is 5.53. The van der Waals surface area contributed by atoms with E-state index in [0.717, 1.165) is 68.2 Å². The molecule has 2 heterocycles. The summed E-state index contributed by atoms with van der Waals surface area (Å²) in [6.07, 6.45) is 1.56. The first kappa shape index (κ1) is 20.9. The van der Waals surface area contributed by atoms with Crippen molar-refractivity contribution < 1.29 is 9.69 Å². The molecule has 1 fully saturated rings. The van der Waals surface area contributed by atoms with Crippen molar-refractivity contribution in [2.75, 3.05) is 32.7 Å². The number of piperazine rings is 1. The molecule has 0 aliphatic carbocycles. The number of carbonyl (C=O) groups is 1. The lowest BCUT2D eigenvalue weighted by Crippen LogP contribution is -3.14. The lowest BCUT2D eigenvalue weighted by atomic mass is 10.0. The van der Waals surface area contributed by atoms with Crippen LogP contribution in [0, 0.1) is 5.92 Å². The number of quaternary nitrogens is 1. The fourth-order valence-corrected chi connectivity index (χ4v) is 4.07. The molecular weight excluding hydrogens is 372 g/mol. The monoisotopic (exact) mass is 403 g/mol. The summed E-state index contributed by atoms with van der Waals surface area (Å²) in [6.45, 7) is 13.4. The molecule has 1 N–H and O–H groups in total. The predicted molar refractivity (Wildman–Crippen MR) is 114 cm³/mol. The van der Waals surface area contributed by atoms with E-state index in [1.54, 1.807) is 4.90 Å². The second kappa shape index (κ2) is 9.10. The SMILES string of the molecule is CCc1c(C(=O)N2CC[NH+](CC)CC2)c(CC(C)C)nn1-c1ccc(Cl)cc1. The van der Waals surface area contributed by atoms with Gasteiger partial charge in [-0.15, -0.1) is 0 Å². The smallest absolute Gasteiger partial charge is 0.258 e. The number of likely N-dealkylation sites (N-methyl/N-ethyl adjacent to an activating group) is 1. The average Bonchev–Trinajstić information content (AvgIpc) is 3.05. The second-order valence-corrected chi connectivity index (χ2v) is 8.44. The standard InChI is InChI=1S/C22H31ClN4O/c1-5-20-21(22(28)26-13-11-25(6-2)12-14-26)19(15-16(3)4)24-27(20)18-9-7-17(23)8-10-18/h7-10,16H,5-6,11-15H2,1-4H3/p+1. The van der Waals surface area contributed by atoms with E-state index in [2.05, 4.69) is 27.7 Å². The summed E-state index contributed by atoms with van der Waals surface area (Å²) in [5.41, 5.74) is 3.67. The molecule has 0 unspecified atom stereocenters. The topological polar surface area (TPSA) is 42.6 Å². The first-order valence-electron chi connectivity index (χ1n) is 10.4. The molecule has 1 amide bonds. The van der Waals surface area contributed by atoms with Crippen LogP contribution in [0.15, 0.2) is 24.3 Å². The van der Waals surface area contributed by atoms with E-state index in [4.69, 9.17) is 16.7 Å². The van der Waals surface area contributed by atoms with Gasteiger partial charge in [0.05, 0.1) is 55.4 Å². The number of aromatic nitrogens is 2. The summed E-state index contributed by atoms with van der Waals surface area (Å²) in [5.74, 6) is 0.578. The zero-order chi connectivity index (χ0) is 20.3. The van der Waals surface area contributed by atoms with Crippen LogP contribution in [0.5, 0.6) is 0 Å². The van der Waals surface area contributed by atoms with Crippen molar-refractivity contribution in [1.82, 2.24) is 14.7 Å². The Hall–Kier alpha value is -1.85. The zero-order valence-corrected chi connectivity index (χ0v) is 18.2. The lowest BCUT2D eigenvalue weighted by molar-refractivity contribution is -0.902. The number of halogens is 1. The third-order valence-corrected chi connectivity index (χ3v) is 5.78. The van der Waals surface area contributed by atoms with Crippen molar-refractivity contribution >= 4 is 17.5 Å². The van der Waals surface area contributed by atoms with Crippen molar-refractivity contribution in [3.05, 3.63) is 46.2 Å². The summed E-state index contributed by atoms with van der Waals surface area (Å²) in [5, 5.41) is 5.59. The molecule has 1 aliphatic heterocycles. The summed E-state index contributed by atoms with van der Waals surface area (Å²) in [6, 6.07) is 7.67. The molecule has 1 aliphatic rings. The molecule has 1 saturated heterocycles. The molecule has 0 atom stereocenters. The maximum absolute atomic E-state index is 13.5. The van der Waals surface area contributed by atoms with Gasteiger partial charge in [0.1, 0.15) is 0 Å². The minimum atomic E-state index is 0.142. The van der Waals surface area contributed by atoms with E-state index in [1.807, 2.05) is 33.8 Å². The van der Waals surface area contributed by atoms with Crippen LogP contribution in [0.2, 0.25) is 5.02 Å². The van der Waals surface area contributed by atoms with Gasteiger partial charge in [-0.3, -0.25) is 4.79 Å². The fourth-order valence-electron chi connectivity index (χ4n) is 3.94.